The molecule has 0 spiro atoms. The number of benzene rings is 1. The van der Waals surface area contributed by atoms with Crippen molar-refractivity contribution in [2.24, 2.45) is 5.41 Å². The Bertz CT molecular complexity index is 718. The van der Waals surface area contributed by atoms with Crippen molar-refractivity contribution in [3.63, 3.8) is 0 Å². The summed E-state index contributed by atoms with van der Waals surface area (Å²) in [6.07, 6.45) is 1.64. The predicted molar refractivity (Wildman–Crippen MR) is 120 cm³/mol. The third-order valence-electron chi connectivity index (χ3n) is 6.27. The molecule has 2 aliphatic rings. The fourth-order valence-electron chi connectivity index (χ4n) is 4.30. The molecule has 2 fully saturated rings. The van der Waals surface area contributed by atoms with Gasteiger partial charge in [-0.05, 0) is 30.5 Å². The van der Waals surface area contributed by atoms with Crippen LogP contribution in [0.5, 0.6) is 0 Å². The second kappa shape index (κ2) is 9.92. The van der Waals surface area contributed by atoms with Crippen molar-refractivity contribution in [2.75, 3.05) is 39.3 Å². The first-order valence-electron chi connectivity index (χ1n) is 11.4. The van der Waals surface area contributed by atoms with E-state index < -0.39 is 5.41 Å². The summed E-state index contributed by atoms with van der Waals surface area (Å²) < 4.78 is 0. The van der Waals surface area contributed by atoms with Gasteiger partial charge in [-0.2, -0.15) is 0 Å². The lowest BCUT2D eigenvalue weighted by atomic mass is 9.94. The normalized spacial score (nSPS) is 21.1. The van der Waals surface area contributed by atoms with E-state index >= 15 is 0 Å². The number of rotatable bonds is 6. The summed E-state index contributed by atoms with van der Waals surface area (Å²) in [6.45, 7) is 15.8. The summed E-state index contributed by atoms with van der Waals surface area (Å²) in [5.74, 6) is 0.0206. The van der Waals surface area contributed by atoms with Crippen LogP contribution >= 0.6 is 0 Å². The zero-order chi connectivity index (χ0) is 21.7. The number of nitrogens with one attached hydrogen (secondary N) is 1. The van der Waals surface area contributed by atoms with Crippen molar-refractivity contribution in [1.82, 2.24) is 20.0 Å². The van der Waals surface area contributed by atoms with Crippen LogP contribution in [0.3, 0.4) is 0 Å². The number of likely N-dealkylation sites (N-methyl/N-ethyl adjacent to an activating group) is 1. The Kier molecular flexibility index (Phi) is 7.53. The maximum absolute atomic E-state index is 12.7. The third kappa shape index (κ3) is 5.82. The molecule has 1 aromatic rings. The van der Waals surface area contributed by atoms with Crippen LogP contribution in [0.25, 0.3) is 0 Å². The number of amides is 2. The predicted octanol–water partition coefficient (Wildman–Crippen LogP) is 2.48. The van der Waals surface area contributed by atoms with Crippen LogP contribution in [-0.2, 0) is 22.7 Å². The van der Waals surface area contributed by atoms with Gasteiger partial charge in [0.2, 0.25) is 11.8 Å². The molecule has 1 aromatic carbocycles. The van der Waals surface area contributed by atoms with Crippen LogP contribution in [0.2, 0.25) is 0 Å². The lowest BCUT2D eigenvalue weighted by Gasteiger charge is -2.34. The van der Waals surface area contributed by atoms with Crippen molar-refractivity contribution >= 4 is 11.8 Å². The van der Waals surface area contributed by atoms with Crippen LogP contribution in [0.15, 0.2) is 24.3 Å². The number of nitrogens with zero attached hydrogens (tertiary/aromatic N) is 3. The van der Waals surface area contributed by atoms with Crippen molar-refractivity contribution in [3.8, 4) is 0 Å². The summed E-state index contributed by atoms with van der Waals surface area (Å²) in [7, 11) is 0. The lowest BCUT2D eigenvalue weighted by Crippen LogP contribution is -2.49. The fraction of sp³-hybridized carbons (Fsp3) is 0.667. The Balaban J connectivity index is 1.48. The smallest absolute Gasteiger partial charge is 0.243 e. The Hall–Kier alpha value is -1.92. The molecule has 2 amide bonds. The van der Waals surface area contributed by atoms with Gasteiger partial charge in [-0.15, -0.1) is 0 Å². The Morgan fingerprint density at radius 1 is 0.967 bits per heavy atom. The highest BCUT2D eigenvalue weighted by atomic mass is 16.2. The zero-order valence-corrected chi connectivity index (χ0v) is 19.1. The molecule has 2 aliphatic heterocycles. The van der Waals surface area contributed by atoms with Crippen molar-refractivity contribution in [2.45, 2.75) is 59.7 Å². The zero-order valence-electron chi connectivity index (χ0n) is 19.1. The number of carbonyl (C=O) groups excluding carboxylic acids is 2. The van der Waals surface area contributed by atoms with E-state index in [0.717, 1.165) is 57.7 Å². The number of carbonyl (C=O) groups is 2. The van der Waals surface area contributed by atoms with Crippen LogP contribution in [-0.4, -0.2) is 71.8 Å². The van der Waals surface area contributed by atoms with Crippen LogP contribution in [0.4, 0.5) is 0 Å². The standard InChI is InChI=1S/C24H38N4O2/c1-5-26-13-15-27(16-14-26)18-20-10-8-19(9-11-20)17-25-22(29)21-7-6-12-28(21)23(30)24(2,3)4/h8-11,21H,5-7,12-18H2,1-4H3,(H,25,29). The molecule has 2 saturated heterocycles. The molecule has 30 heavy (non-hydrogen) atoms. The first-order valence-corrected chi connectivity index (χ1v) is 11.4. The number of piperazine rings is 1. The van der Waals surface area contributed by atoms with E-state index in [1.54, 1.807) is 4.90 Å². The average molecular weight is 415 g/mol. The molecule has 3 rings (SSSR count). The molecular weight excluding hydrogens is 376 g/mol. The van der Waals surface area contributed by atoms with Crippen molar-refractivity contribution < 1.29 is 9.59 Å². The summed E-state index contributed by atoms with van der Waals surface area (Å²) in [5.41, 5.74) is 1.95. The van der Waals surface area contributed by atoms with Gasteiger partial charge in [-0.25, -0.2) is 0 Å². The van der Waals surface area contributed by atoms with E-state index in [9.17, 15) is 9.59 Å². The quantitative estimate of drug-likeness (QED) is 0.777. The van der Waals surface area contributed by atoms with E-state index in [0.29, 0.717) is 13.1 Å². The van der Waals surface area contributed by atoms with Gasteiger partial charge in [0, 0.05) is 51.2 Å². The third-order valence-corrected chi connectivity index (χ3v) is 6.27. The summed E-state index contributed by atoms with van der Waals surface area (Å²) in [4.78, 5) is 32.1. The first-order chi connectivity index (χ1) is 14.3. The summed E-state index contributed by atoms with van der Waals surface area (Å²) >= 11 is 0. The van der Waals surface area contributed by atoms with Gasteiger partial charge in [0.1, 0.15) is 6.04 Å². The van der Waals surface area contributed by atoms with Crippen molar-refractivity contribution in [3.05, 3.63) is 35.4 Å². The summed E-state index contributed by atoms with van der Waals surface area (Å²) in [6, 6.07) is 8.20. The van der Waals surface area contributed by atoms with Crippen molar-refractivity contribution in [1.29, 1.82) is 0 Å². The molecule has 0 radical (unpaired) electrons. The average Bonchev–Trinajstić information content (AvgIpc) is 3.22. The van der Waals surface area contributed by atoms with Gasteiger partial charge < -0.3 is 15.1 Å². The molecule has 2 heterocycles. The molecule has 0 aliphatic carbocycles. The van der Waals surface area contributed by atoms with E-state index in [-0.39, 0.29) is 17.9 Å². The summed E-state index contributed by atoms with van der Waals surface area (Å²) in [5, 5.41) is 3.04. The van der Waals surface area contributed by atoms with Crippen LogP contribution in [0, 0.1) is 5.41 Å². The highest BCUT2D eigenvalue weighted by molar-refractivity contribution is 5.90. The SMILES string of the molecule is CCN1CCN(Cc2ccc(CNC(=O)C3CCCN3C(=O)C(C)(C)C)cc2)CC1. The maximum Gasteiger partial charge on any atom is 0.243 e. The number of hydrogen-bond acceptors (Lipinski definition) is 4. The van der Waals surface area contributed by atoms with E-state index in [1.165, 1.54) is 5.56 Å². The molecule has 0 bridgehead atoms. The second-order valence-corrected chi connectivity index (χ2v) is 9.65. The molecule has 166 valence electrons. The monoisotopic (exact) mass is 414 g/mol. The van der Waals surface area contributed by atoms with Gasteiger partial charge in [-0.1, -0.05) is 52.0 Å². The highest BCUT2D eigenvalue weighted by Gasteiger charge is 2.38. The van der Waals surface area contributed by atoms with E-state index in [4.69, 9.17) is 0 Å². The van der Waals surface area contributed by atoms with E-state index in [1.807, 2.05) is 20.8 Å². The minimum atomic E-state index is -0.456. The van der Waals surface area contributed by atoms with Crippen LogP contribution < -0.4 is 5.32 Å². The largest absolute Gasteiger partial charge is 0.350 e. The molecule has 1 unspecified atom stereocenters. The van der Waals surface area contributed by atoms with Gasteiger partial charge in [0.15, 0.2) is 0 Å². The van der Waals surface area contributed by atoms with Gasteiger partial charge in [0.05, 0.1) is 0 Å². The molecule has 1 atom stereocenters. The van der Waals surface area contributed by atoms with Gasteiger partial charge in [-0.3, -0.25) is 14.5 Å². The molecule has 0 aromatic heterocycles. The number of hydrogen-bond donors (Lipinski definition) is 1. The maximum atomic E-state index is 12.7. The molecule has 6 heteroatoms. The molecular formula is C24H38N4O2. The second-order valence-electron chi connectivity index (χ2n) is 9.65. The molecule has 0 saturated carbocycles. The highest BCUT2D eigenvalue weighted by Crippen LogP contribution is 2.25. The molecule has 1 N–H and O–H groups in total. The van der Waals surface area contributed by atoms with E-state index in [2.05, 4.69) is 46.3 Å². The van der Waals surface area contributed by atoms with Gasteiger partial charge >= 0.3 is 0 Å². The Morgan fingerprint density at radius 3 is 2.17 bits per heavy atom. The lowest BCUT2D eigenvalue weighted by molar-refractivity contribution is -0.144. The Labute approximate surface area is 181 Å². The molecule has 6 nitrogen and oxygen atoms in total. The first kappa shape index (κ1) is 22.8. The van der Waals surface area contributed by atoms with Gasteiger partial charge in [0.25, 0.3) is 0 Å². The Morgan fingerprint density at radius 2 is 1.57 bits per heavy atom. The van der Waals surface area contributed by atoms with Crippen LogP contribution in [0.1, 0.15) is 51.7 Å². The number of likely N-dealkylation sites (tertiary alicyclic amines) is 1. The topological polar surface area (TPSA) is 55.9 Å². The minimum Gasteiger partial charge on any atom is -0.350 e. The minimum absolute atomic E-state index is 0.0389. The fourth-order valence-corrected chi connectivity index (χ4v) is 4.30.